The van der Waals surface area contributed by atoms with Crippen LogP contribution in [0.4, 0.5) is 15.3 Å². The fourth-order valence-corrected chi connectivity index (χ4v) is 10.5. The normalized spacial score (nSPS) is 20.8. The molecule has 0 unspecified atom stereocenters. The van der Waals surface area contributed by atoms with E-state index in [9.17, 15) is 19.2 Å². The highest BCUT2D eigenvalue weighted by molar-refractivity contribution is 7.17. The number of aliphatic imine (C=N–C) groups is 1. The number of hydrogen-bond donors (Lipinski definition) is 3. The summed E-state index contributed by atoms with van der Waals surface area (Å²) in [4.78, 5) is 70.5. The Hall–Kier alpha value is -4.92. The van der Waals surface area contributed by atoms with E-state index in [4.69, 9.17) is 42.7 Å². The van der Waals surface area contributed by atoms with Crippen molar-refractivity contribution in [2.24, 2.45) is 28.7 Å². The molecule has 3 aliphatic rings. The first-order valence-corrected chi connectivity index (χ1v) is 22.3. The van der Waals surface area contributed by atoms with Gasteiger partial charge in [0.25, 0.3) is 0 Å². The Morgan fingerprint density at radius 2 is 1.23 bits per heavy atom. The molecule has 0 aliphatic carbocycles. The van der Waals surface area contributed by atoms with Crippen molar-refractivity contribution in [1.29, 1.82) is 0 Å². The molecule has 13 nitrogen and oxygen atoms in total. The van der Waals surface area contributed by atoms with Crippen LogP contribution in [0.1, 0.15) is 71.1 Å². The average Bonchev–Trinajstić information content (AvgIpc) is 4.08. The molecule has 0 saturated carbocycles. The number of nitrogens with one attached hydrogen (secondary N) is 3. The molecule has 4 aromatic rings. The van der Waals surface area contributed by atoms with Crippen molar-refractivity contribution in [2.45, 2.75) is 85.0 Å². The van der Waals surface area contributed by atoms with Crippen LogP contribution in [-0.2, 0) is 25.5 Å². The van der Waals surface area contributed by atoms with Gasteiger partial charge in [0.1, 0.15) is 28.8 Å². The molecule has 4 amide bonds. The monoisotopic (exact) mass is 889 g/mol. The third-order valence-corrected chi connectivity index (χ3v) is 13.9. The number of fused-ring (bicyclic) bond motifs is 1. The van der Waals surface area contributed by atoms with Gasteiger partial charge in [-0.05, 0) is 53.2 Å². The van der Waals surface area contributed by atoms with Gasteiger partial charge in [-0.1, -0.05) is 113 Å². The first-order chi connectivity index (χ1) is 29.1. The third kappa shape index (κ3) is 9.03. The van der Waals surface area contributed by atoms with E-state index < -0.39 is 24.3 Å². The van der Waals surface area contributed by atoms with Crippen molar-refractivity contribution >= 4 is 69.9 Å². The number of amides is 4. The molecule has 61 heavy (non-hydrogen) atoms. The van der Waals surface area contributed by atoms with E-state index in [2.05, 4.69) is 53.7 Å². The van der Waals surface area contributed by atoms with E-state index in [-0.39, 0.29) is 47.6 Å². The molecule has 5 heterocycles. The molecule has 7 rings (SSSR count). The summed E-state index contributed by atoms with van der Waals surface area (Å²) in [5.41, 5.74) is 6.17. The second-order valence-corrected chi connectivity index (χ2v) is 19.0. The van der Waals surface area contributed by atoms with E-state index in [0.717, 1.165) is 49.8 Å². The van der Waals surface area contributed by atoms with Crippen LogP contribution in [0.25, 0.3) is 32.8 Å². The predicted octanol–water partition coefficient (Wildman–Crippen LogP) is 9.32. The number of carbonyl (C=O) groups is 4. The molecule has 3 N–H and O–H groups in total. The van der Waals surface area contributed by atoms with Gasteiger partial charge in [0, 0.05) is 35.7 Å². The number of ether oxygens (including phenoxy) is 2. The molecule has 324 valence electrons. The number of hydrogen-bond acceptors (Lipinski definition) is 9. The Morgan fingerprint density at radius 3 is 1.72 bits per heavy atom. The topological polar surface area (TPSA) is 158 Å². The van der Waals surface area contributed by atoms with Crippen LogP contribution >= 0.6 is 34.5 Å². The van der Waals surface area contributed by atoms with Crippen LogP contribution in [0.15, 0.2) is 53.5 Å². The molecule has 2 aromatic heterocycles. The number of aromatic amines is 1. The van der Waals surface area contributed by atoms with E-state index in [1.807, 2.05) is 56.9 Å². The third-order valence-electron chi connectivity index (χ3n) is 11.9. The second-order valence-electron chi connectivity index (χ2n) is 17.1. The second kappa shape index (κ2) is 18.2. The molecule has 2 saturated heterocycles. The largest absolute Gasteiger partial charge is 0.453 e. The fraction of sp³-hybridized carbons (Fsp3) is 0.467. The maximum atomic E-state index is 13.8. The molecule has 3 aliphatic heterocycles. The van der Waals surface area contributed by atoms with Crippen molar-refractivity contribution in [1.82, 2.24) is 30.4 Å². The molecule has 0 bridgehead atoms. The summed E-state index contributed by atoms with van der Waals surface area (Å²) in [6, 6.07) is 14.4. The van der Waals surface area contributed by atoms with Gasteiger partial charge in [-0.2, -0.15) is 0 Å². The first kappa shape index (κ1) is 44.1. The van der Waals surface area contributed by atoms with E-state index in [1.165, 1.54) is 14.2 Å². The number of likely N-dealkylation sites (tertiary alicyclic amines) is 2. The van der Waals surface area contributed by atoms with Crippen LogP contribution in [0, 0.1) is 23.7 Å². The quantitative estimate of drug-likeness (QED) is 0.135. The molecule has 16 heteroatoms. The Labute approximate surface area is 370 Å². The minimum Gasteiger partial charge on any atom is -0.453 e. The highest BCUT2D eigenvalue weighted by Gasteiger charge is 2.43. The summed E-state index contributed by atoms with van der Waals surface area (Å²) < 4.78 is 9.58. The van der Waals surface area contributed by atoms with Gasteiger partial charge >= 0.3 is 12.2 Å². The van der Waals surface area contributed by atoms with Crippen LogP contribution < -0.4 is 10.6 Å². The molecular weight excluding hydrogens is 838 g/mol. The van der Waals surface area contributed by atoms with Gasteiger partial charge in [-0.15, -0.1) is 11.3 Å². The van der Waals surface area contributed by atoms with Crippen LogP contribution in [0.2, 0.25) is 10.2 Å². The van der Waals surface area contributed by atoms with Gasteiger partial charge in [-0.3, -0.25) is 14.6 Å². The first-order valence-electron chi connectivity index (χ1n) is 20.7. The molecule has 0 spiro atoms. The number of rotatable bonds is 11. The Bertz CT molecular complexity index is 2330. The Balaban J connectivity index is 1.04. The predicted molar refractivity (Wildman–Crippen MR) is 239 cm³/mol. The van der Waals surface area contributed by atoms with Gasteiger partial charge in [-0.25, -0.2) is 14.6 Å². The lowest BCUT2D eigenvalue weighted by Crippen LogP contribution is -2.53. The fourth-order valence-electron chi connectivity index (χ4n) is 8.67. The van der Waals surface area contributed by atoms with Crippen molar-refractivity contribution in [3.8, 4) is 32.8 Å². The number of carbonyl (C=O) groups excluding carboxylic acids is 4. The number of benzene rings is 2. The summed E-state index contributed by atoms with van der Waals surface area (Å²) in [5, 5.41) is 6.42. The molecule has 2 aromatic carbocycles. The maximum Gasteiger partial charge on any atom is 0.407 e. The summed E-state index contributed by atoms with van der Waals surface area (Å²) in [7, 11) is 2.57. The van der Waals surface area contributed by atoms with Gasteiger partial charge < -0.3 is 34.9 Å². The molecule has 0 radical (unpaired) electrons. The zero-order chi connectivity index (χ0) is 43.9. The summed E-state index contributed by atoms with van der Waals surface area (Å²) >= 11 is 15.4. The van der Waals surface area contributed by atoms with Crippen LogP contribution in [0.5, 0.6) is 0 Å². The van der Waals surface area contributed by atoms with Gasteiger partial charge in [0.05, 0.1) is 41.9 Å². The Kier molecular flexibility index (Phi) is 13.2. The highest BCUT2D eigenvalue weighted by Crippen LogP contribution is 2.49. The van der Waals surface area contributed by atoms with E-state index in [0.29, 0.717) is 47.6 Å². The van der Waals surface area contributed by atoms with Crippen molar-refractivity contribution in [3.05, 3.63) is 69.4 Å². The number of thiophene rings is 1. The number of H-pyrrole nitrogens is 1. The smallest absolute Gasteiger partial charge is 0.407 e. The zero-order valence-corrected chi connectivity index (χ0v) is 38.0. The number of halogens is 2. The van der Waals surface area contributed by atoms with Crippen LogP contribution in [-0.4, -0.2) is 94.9 Å². The Morgan fingerprint density at radius 1 is 0.754 bits per heavy atom. The number of imidazole rings is 1. The zero-order valence-electron chi connectivity index (χ0n) is 35.7. The summed E-state index contributed by atoms with van der Waals surface area (Å²) in [5.74, 6) is 0.552. The molecular formula is C45H53Cl2N7O6S. The standard InChI is InChI=1S/C45H53Cl2N7O6S/c1-22(2)35(50-44(57)59-7)42(55)53-20-24(5)17-31(53)30-19-33-38(48-30)34(46)39(61-33)29-15-11-27(12-16-29)26-9-13-28(14-10-26)37-40(47)52-41(49-37)32-18-25(6)21-54(32)43(56)36(23(3)4)51-45(58)60-8/h9-16,22-25,31-32,35-36H,17-21H2,1-8H3,(H,49,52)(H,50,57)(H,51,58)/t24-,25-,31-,32-,35-,36-/m0/s1. The number of nitrogens with zero attached hydrogens (tertiary/aromatic N) is 4. The average molecular weight is 891 g/mol. The number of methoxy groups -OCH3 is 2. The van der Waals surface area contributed by atoms with Crippen molar-refractivity contribution < 1.29 is 28.7 Å². The lowest BCUT2D eigenvalue weighted by molar-refractivity contribution is -0.136. The lowest BCUT2D eigenvalue weighted by Gasteiger charge is -2.31. The maximum absolute atomic E-state index is 13.8. The summed E-state index contributed by atoms with van der Waals surface area (Å²) in [6.07, 6.45) is 0.848. The minimum atomic E-state index is -0.738. The van der Waals surface area contributed by atoms with Gasteiger partial charge in [0.2, 0.25) is 11.8 Å². The SMILES string of the molecule is COC(=O)N[C@H](C(=O)N1C[C@@H](C)C[C@H]1C1=Nc2c(sc(-c3ccc(-c4ccc(-c5nc([C@@H]6C[C@H](C)CN6C(=O)[C@@H](NC(=O)OC)C(C)C)[nH]c5Cl)cc4)cc3)c2Cl)C1)C(C)C. The van der Waals surface area contributed by atoms with Crippen molar-refractivity contribution in [2.75, 3.05) is 27.3 Å². The number of aromatic nitrogens is 2. The van der Waals surface area contributed by atoms with Gasteiger partial charge in [0.15, 0.2) is 0 Å². The van der Waals surface area contributed by atoms with E-state index in [1.54, 1.807) is 16.2 Å². The molecule has 6 atom stereocenters. The minimum absolute atomic E-state index is 0.116. The number of alkyl carbamates (subject to hydrolysis) is 2. The molecule has 2 fully saturated rings. The highest BCUT2D eigenvalue weighted by atomic mass is 35.5. The lowest BCUT2D eigenvalue weighted by atomic mass is 10.0. The van der Waals surface area contributed by atoms with E-state index >= 15 is 0 Å². The summed E-state index contributed by atoms with van der Waals surface area (Å²) in [6.45, 7) is 12.9. The van der Waals surface area contributed by atoms with Crippen molar-refractivity contribution in [3.63, 3.8) is 0 Å². The van der Waals surface area contributed by atoms with Crippen LogP contribution in [0.3, 0.4) is 0 Å².